The SMILES string of the molecule is O=C(O)/C=C/c1c(F)cccc1N(CC1CC1)C1CC1. The second kappa shape index (κ2) is 5.27. The van der Waals surface area contributed by atoms with E-state index in [2.05, 4.69) is 4.90 Å². The number of anilines is 1. The lowest BCUT2D eigenvalue weighted by molar-refractivity contribution is -0.131. The van der Waals surface area contributed by atoms with Crippen molar-refractivity contribution in [1.82, 2.24) is 0 Å². The molecule has 0 radical (unpaired) electrons. The molecule has 2 saturated carbocycles. The summed E-state index contributed by atoms with van der Waals surface area (Å²) in [5.74, 6) is -0.698. The molecule has 0 amide bonds. The Bertz CT molecular complexity index is 547. The first-order chi connectivity index (χ1) is 9.65. The standard InChI is InChI=1S/C16H18FNO2/c17-14-2-1-3-15(13(14)8-9-16(19)20)18(12-6-7-12)10-11-4-5-11/h1-3,8-9,11-12H,4-7,10H2,(H,19,20)/b9-8+. The van der Waals surface area contributed by atoms with E-state index in [-0.39, 0.29) is 5.82 Å². The number of hydrogen-bond acceptors (Lipinski definition) is 2. The van der Waals surface area contributed by atoms with E-state index in [1.807, 2.05) is 6.07 Å². The van der Waals surface area contributed by atoms with Crippen molar-refractivity contribution in [3.63, 3.8) is 0 Å². The first-order valence-corrected chi connectivity index (χ1v) is 7.11. The van der Waals surface area contributed by atoms with E-state index < -0.39 is 5.97 Å². The normalized spacial score (nSPS) is 18.4. The van der Waals surface area contributed by atoms with Gasteiger partial charge in [-0.15, -0.1) is 0 Å². The minimum atomic E-state index is -1.06. The predicted octanol–water partition coefficient (Wildman–Crippen LogP) is 3.30. The fourth-order valence-electron chi connectivity index (χ4n) is 2.50. The molecule has 0 saturated heterocycles. The zero-order valence-electron chi connectivity index (χ0n) is 11.3. The van der Waals surface area contributed by atoms with E-state index >= 15 is 0 Å². The molecule has 106 valence electrons. The van der Waals surface area contributed by atoms with Crippen molar-refractivity contribution in [2.24, 2.45) is 5.92 Å². The summed E-state index contributed by atoms with van der Waals surface area (Å²) in [7, 11) is 0. The number of carbonyl (C=O) groups is 1. The highest BCUT2D eigenvalue weighted by Crippen LogP contribution is 2.39. The Kier molecular flexibility index (Phi) is 3.47. The Labute approximate surface area is 117 Å². The molecule has 0 unspecified atom stereocenters. The van der Waals surface area contributed by atoms with Crippen LogP contribution < -0.4 is 4.90 Å². The van der Waals surface area contributed by atoms with Crippen molar-refractivity contribution < 1.29 is 14.3 Å². The molecule has 1 aromatic rings. The third-order valence-corrected chi connectivity index (χ3v) is 3.87. The molecule has 0 aliphatic heterocycles. The van der Waals surface area contributed by atoms with Crippen LogP contribution in [0, 0.1) is 11.7 Å². The molecule has 4 heteroatoms. The van der Waals surface area contributed by atoms with Crippen LogP contribution in [0.4, 0.5) is 10.1 Å². The number of carboxylic acid groups (broad SMARTS) is 1. The summed E-state index contributed by atoms with van der Waals surface area (Å²) in [6.45, 7) is 0.960. The largest absolute Gasteiger partial charge is 0.478 e. The molecule has 3 rings (SSSR count). The van der Waals surface area contributed by atoms with Crippen molar-refractivity contribution in [3.05, 3.63) is 35.7 Å². The quantitative estimate of drug-likeness (QED) is 0.810. The van der Waals surface area contributed by atoms with Gasteiger partial charge in [-0.25, -0.2) is 9.18 Å². The summed E-state index contributed by atoms with van der Waals surface area (Å²) in [5, 5.41) is 8.75. The van der Waals surface area contributed by atoms with Gasteiger partial charge in [0.05, 0.1) is 0 Å². The number of aliphatic carboxylic acids is 1. The monoisotopic (exact) mass is 275 g/mol. The average molecular weight is 275 g/mol. The highest BCUT2D eigenvalue weighted by Gasteiger charge is 2.34. The van der Waals surface area contributed by atoms with Crippen molar-refractivity contribution in [2.75, 3.05) is 11.4 Å². The maximum absolute atomic E-state index is 14.0. The Balaban J connectivity index is 1.93. The maximum atomic E-state index is 14.0. The Morgan fingerprint density at radius 3 is 2.70 bits per heavy atom. The van der Waals surface area contributed by atoms with Gasteiger partial charge in [-0.05, 0) is 49.8 Å². The van der Waals surface area contributed by atoms with Crippen molar-refractivity contribution in [3.8, 4) is 0 Å². The Hall–Kier alpha value is -1.84. The summed E-state index contributed by atoms with van der Waals surface area (Å²) >= 11 is 0. The van der Waals surface area contributed by atoms with Gasteiger partial charge < -0.3 is 10.0 Å². The van der Waals surface area contributed by atoms with Crippen molar-refractivity contribution >= 4 is 17.7 Å². The predicted molar refractivity (Wildman–Crippen MR) is 76.2 cm³/mol. The zero-order chi connectivity index (χ0) is 14.1. The molecule has 20 heavy (non-hydrogen) atoms. The number of hydrogen-bond donors (Lipinski definition) is 1. The van der Waals surface area contributed by atoms with Crippen LogP contribution in [-0.2, 0) is 4.79 Å². The Morgan fingerprint density at radius 2 is 2.10 bits per heavy atom. The fourth-order valence-corrected chi connectivity index (χ4v) is 2.50. The smallest absolute Gasteiger partial charge is 0.328 e. The van der Waals surface area contributed by atoms with Crippen LogP contribution in [0.5, 0.6) is 0 Å². The third kappa shape index (κ3) is 3.00. The van der Waals surface area contributed by atoms with Gasteiger partial charge in [-0.2, -0.15) is 0 Å². The molecule has 3 nitrogen and oxygen atoms in total. The molecular weight excluding hydrogens is 257 g/mol. The van der Waals surface area contributed by atoms with Gasteiger partial charge in [0.1, 0.15) is 5.82 Å². The van der Waals surface area contributed by atoms with Crippen LogP contribution >= 0.6 is 0 Å². The van der Waals surface area contributed by atoms with E-state index in [1.165, 1.54) is 25.0 Å². The van der Waals surface area contributed by atoms with Crippen LogP contribution in [-0.4, -0.2) is 23.7 Å². The molecule has 2 aliphatic rings. The summed E-state index contributed by atoms with van der Waals surface area (Å²) in [6, 6.07) is 5.47. The maximum Gasteiger partial charge on any atom is 0.328 e. The van der Waals surface area contributed by atoms with E-state index in [4.69, 9.17) is 5.11 Å². The van der Waals surface area contributed by atoms with Gasteiger partial charge in [0.25, 0.3) is 0 Å². The summed E-state index contributed by atoms with van der Waals surface area (Å²) in [4.78, 5) is 12.9. The zero-order valence-corrected chi connectivity index (χ0v) is 11.3. The van der Waals surface area contributed by atoms with E-state index in [9.17, 15) is 9.18 Å². The highest BCUT2D eigenvalue weighted by atomic mass is 19.1. The minimum absolute atomic E-state index is 0.360. The lowest BCUT2D eigenvalue weighted by Gasteiger charge is -2.26. The molecule has 0 heterocycles. The van der Waals surface area contributed by atoms with Gasteiger partial charge >= 0.3 is 5.97 Å². The summed E-state index contributed by atoms with van der Waals surface area (Å²) in [6.07, 6.45) is 7.16. The second-order valence-electron chi connectivity index (χ2n) is 5.67. The molecule has 0 atom stereocenters. The molecule has 1 aromatic carbocycles. The summed E-state index contributed by atoms with van der Waals surface area (Å²) in [5.41, 5.74) is 1.22. The van der Waals surface area contributed by atoms with Gasteiger partial charge in [-0.3, -0.25) is 0 Å². The van der Waals surface area contributed by atoms with Gasteiger partial charge in [-0.1, -0.05) is 6.07 Å². The molecule has 0 spiro atoms. The van der Waals surface area contributed by atoms with E-state index in [1.54, 1.807) is 6.07 Å². The number of rotatable bonds is 6. The molecule has 1 N–H and O–H groups in total. The molecule has 2 aliphatic carbocycles. The van der Waals surface area contributed by atoms with Crippen LogP contribution in [0.3, 0.4) is 0 Å². The van der Waals surface area contributed by atoms with Crippen molar-refractivity contribution in [1.29, 1.82) is 0 Å². The van der Waals surface area contributed by atoms with E-state index in [0.717, 1.165) is 37.1 Å². The molecule has 0 bridgehead atoms. The topological polar surface area (TPSA) is 40.5 Å². The van der Waals surface area contributed by atoms with Crippen molar-refractivity contribution in [2.45, 2.75) is 31.7 Å². The van der Waals surface area contributed by atoms with Crippen LogP contribution in [0.25, 0.3) is 6.08 Å². The Morgan fingerprint density at radius 1 is 1.35 bits per heavy atom. The van der Waals surface area contributed by atoms with Crippen LogP contribution in [0.1, 0.15) is 31.2 Å². The molecular formula is C16H18FNO2. The number of carboxylic acids is 1. The lowest BCUT2D eigenvalue weighted by Crippen LogP contribution is -2.28. The number of halogens is 1. The lowest BCUT2D eigenvalue weighted by atomic mass is 10.1. The van der Waals surface area contributed by atoms with Crippen LogP contribution in [0.2, 0.25) is 0 Å². The van der Waals surface area contributed by atoms with Crippen LogP contribution in [0.15, 0.2) is 24.3 Å². The first kappa shape index (κ1) is 13.2. The molecule has 0 aromatic heterocycles. The van der Waals surface area contributed by atoms with Gasteiger partial charge in [0.2, 0.25) is 0 Å². The van der Waals surface area contributed by atoms with Gasteiger partial charge in [0.15, 0.2) is 0 Å². The first-order valence-electron chi connectivity index (χ1n) is 7.11. The molecule has 2 fully saturated rings. The fraction of sp³-hybridized carbons (Fsp3) is 0.438. The number of benzene rings is 1. The number of nitrogens with zero attached hydrogens (tertiary/aromatic N) is 1. The van der Waals surface area contributed by atoms with E-state index in [0.29, 0.717) is 11.6 Å². The van der Waals surface area contributed by atoms with Gasteiger partial charge in [0, 0.05) is 29.9 Å². The average Bonchev–Trinajstić information content (AvgIpc) is 3.26. The minimum Gasteiger partial charge on any atom is -0.478 e. The third-order valence-electron chi connectivity index (χ3n) is 3.87. The highest BCUT2D eigenvalue weighted by molar-refractivity contribution is 5.87. The second-order valence-corrected chi connectivity index (χ2v) is 5.67. The summed E-state index contributed by atoms with van der Waals surface area (Å²) < 4.78 is 14.0.